The summed E-state index contributed by atoms with van der Waals surface area (Å²) in [6, 6.07) is 6.89. The Morgan fingerprint density at radius 2 is 1.73 bits per heavy atom. The first kappa shape index (κ1) is 19.4. The van der Waals surface area contributed by atoms with E-state index in [-0.39, 0.29) is 16.8 Å². The number of benzene rings is 1. The molecule has 1 aromatic carbocycles. The lowest BCUT2D eigenvalue weighted by Gasteiger charge is -2.35. The molecule has 1 atom stereocenters. The summed E-state index contributed by atoms with van der Waals surface area (Å²) in [5.74, 6) is -0.0375. The second kappa shape index (κ2) is 8.53. The topological polar surface area (TPSA) is 57.7 Å². The fourth-order valence-electron chi connectivity index (χ4n) is 4.08. The van der Waals surface area contributed by atoms with E-state index in [9.17, 15) is 13.2 Å². The highest BCUT2D eigenvalue weighted by Crippen LogP contribution is 2.24. The first-order chi connectivity index (χ1) is 12.5. The Balaban J connectivity index is 1.84. The Hall–Kier alpha value is -1.40. The van der Waals surface area contributed by atoms with Crippen LogP contribution in [0.2, 0.25) is 0 Å². The molecule has 0 bridgehead atoms. The summed E-state index contributed by atoms with van der Waals surface area (Å²) in [5.41, 5.74) is 0.487. The monoisotopic (exact) mass is 378 g/mol. The molecule has 0 N–H and O–H groups in total. The number of rotatable bonds is 4. The van der Waals surface area contributed by atoms with Gasteiger partial charge >= 0.3 is 0 Å². The van der Waals surface area contributed by atoms with Crippen molar-refractivity contribution in [3.05, 3.63) is 29.8 Å². The maximum atomic E-state index is 13.0. The Bertz CT molecular complexity index is 724. The van der Waals surface area contributed by atoms with Crippen molar-refractivity contribution in [2.24, 2.45) is 0 Å². The smallest absolute Gasteiger partial charge is 0.254 e. The van der Waals surface area contributed by atoms with Crippen molar-refractivity contribution in [1.82, 2.24) is 9.21 Å². The molecule has 2 saturated heterocycles. The number of sulfonamides is 1. The van der Waals surface area contributed by atoms with Crippen LogP contribution in [0.4, 0.5) is 0 Å². The van der Waals surface area contributed by atoms with Crippen LogP contribution in [0, 0.1) is 0 Å². The van der Waals surface area contributed by atoms with Gasteiger partial charge in [0, 0.05) is 31.2 Å². The molecule has 2 aliphatic rings. The average molecular weight is 379 g/mol. The second-order valence-electron chi connectivity index (χ2n) is 7.40. The maximum Gasteiger partial charge on any atom is 0.254 e. The minimum atomic E-state index is -3.53. The SMILES string of the molecule is CCC1CCCCN1C(=O)c1cccc(S(=O)(=O)N2CCCCCC2)c1. The fraction of sp³-hybridized carbons (Fsp3) is 0.650. The molecule has 6 heteroatoms. The number of carbonyl (C=O) groups excluding carboxylic acids is 1. The summed E-state index contributed by atoms with van der Waals surface area (Å²) in [6.07, 6.45) is 8.13. The molecule has 2 aliphatic heterocycles. The quantitative estimate of drug-likeness (QED) is 0.803. The number of nitrogens with zero attached hydrogens (tertiary/aromatic N) is 2. The average Bonchev–Trinajstić information content (AvgIpc) is 2.97. The third kappa shape index (κ3) is 4.12. The zero-order valence-corrected chi connectivity index (χ0v) is 16.5. The zero-order chi connectivity index (χ0) is 18.6. The lowest BCUT2D eigenvalue weighted by atomic mass is 9.99. The molecule has 0 radical (unpaired) electrons. The van der Waals surface area contributed by atoms with Crippen molar-refractivity contribution >= 4 is 15.9 Å². The van der Waals surface area contributed by atoms with Crippen molar-refractivity contribution in [2.45, 2.75) is 69.2 Å². The van der Waals surface area contributed by atoms with Crippen molar-refractivity contribution in [1.29, 1.82) is 0 Å². The van der Waals surface area contributed by atoms with Gasteiger partial charge in [-0.3, -0.25) is 4.79 Å². The Morgan fingerprint density at radius 3 is 2.42 bits per heavy atom. The van der Waals surface area contributed by atoms with Gasteiger partial charge < -0.3 is 4.90 Å². The molecule has 5 nitrogen and oxygen atoms in total. The van der Waals surface area contributed by atoms with Crippen molar-refractivity contribution in [3.63, 3.8) is 0 Å². The van der Waals surface area contributed by atoms with Gasteiger partial charge in [0.15, 0.2) is 0 Å². The minimum absolute atomic E-state index is 0.0375. The van der Waals surface area contributed by atoms with E-state index < -0.39 is 10.0 Å². The van der Waals surface area contributed by atoms with Gasteiger partial charge in [0.05, 0.1) is 4.90 Å². The molecule has 1 amide bonds. The Kier molecular flexibility index (Phi) is 6.35. The van der Waals surface area contributed by atoms with Crippen molar-refractivity contribution < 1.29 is 13.2 Å². The van der Waals surface area contributed by atoms with Gasteiger partial charge in [0.2, 0.25) is 10.0 Å². The van der Waals surface area contributed by atoms with Gasteiger partial charge in [-0.2, -0.15) is 4.31 Å². The van der Waals surface area contributed by atoms with Crippen LogP contribution in [0.1, 0.15) is 68.6 Å². The lowest BCUT2D eigenvalue weighted by Crippen LogP contribution is -2.43. The summed E-state index contributed by atoms with van der Waals surface area (Å²) in [7, 11) is -3.53. The summed E-state index contributed by atoms with van der Waals surface area (Å²) < 4.78 is 27.6. The predicted octanol–water partition coefficient (Wildman–Crippen LogP) is 3.66. The molecule has 2 fully saturated rings. The van der Waals surface area contributed by atoms with Crippen LogP contribution in [0.25, 0.3) is 0 Å². The van der Waals surface area contributed by atoms with Gasteiger partial charge in [0.25, 0.3) is 5.91 Å². The molecule has 1 unspecified atom stereocenters. The van der Waals surface area contributed by atoms with E-state index in [0.29, 0.717) is 18.7 Å². The van der Waals surface area contributed by atoms with E-state index in [4.69, 9.17) is 0 Å². The van der Waals surface area contributed by atoms with Gasteiger partial charge in [-0.25, -0.2) is 8.42 Å². The van der Waals surface area contributed by atoms with Crippen LogP contribution >= 0.6 is 0 Å². The Labute approximate surface area is 157 Å². The molecular formula is C20H30N2O3S. The van der Waals surface area contributed by atoms with Crippen LogP contribution in [-0.2, 0) is 10.0 Å². The van der Waals surface area contributed by atoms with Crippen LogP contribution in [0.3, 0.4) is 0 Å². The number of carbonyl (C=O) groups is 1. The molecule has 2 heterocycles. The standard InChI is InChI=1S/C20H30N2O3S/c1-2-18-11-5-8-15-22(18)20(23)17-10-9-12-19(16-17)26(24,25)21-13-6-3-4-7-14-21/h9-10,12,16,18H,2-8,11,13-15H2,1H3. The highest BCUT2D eigenvalue weighted by Gasteiger charge is 2.29. The summed E-state index contributed by atoms with van der Waals surface area (Å²) in [5, 5.41) is 0. The van der Waals surface area contributed by atoms with Gasteiger partial charge in [0.1, 0.15) is 0 Å². The van der Waals surface area contributed by atoms with Crippen LogP contribution in [-0.4, -0.2) is 49.2 Å². The summed E-state index contributed by atoms with van der Waals surface area (Å²) in [4.78, 5) is 15.2. The number of piperidine rings is 1. The van der Waals surface area contributed by atoms with Gasteiger partial charge in [-0.1, -0.05) is 25.8 Å². The van der Waals surface area contributed by atoms with Gasteiger partial charge in [-0.15, -0.1) is 0 Å². The van der Waals surface area contributed by atoms with E-state index in [1.165, 1.54) is 0 Å². The molecule has 26 heavy (non-hydrogen) atoms. The molecule has 0 spiro atoms. The van der Waals surface area contributed by atoms with Crippen LogP contribution in [0.5, 0.6) is 0 Å². The summed E-state index contributed by atoms with van der Waals surface area (Å²) >= 11 is 0. The number of hydrogen-bond donors (Lipinski definition) is 0. The third-order valence-electron chi connectivity index (χ3n) is 5.64. The lowest BCUT2D eigenvalue weighted by molar-refractivity contribution is 0.0608. The fourth-order valence-corrected chi connectivity index (χ4v) is 5.64. The van der Waals surface area contributed by atoms with E-state index >= 15 is 0 Å². The Morgan fingerprint density at radius 1 is 1.04 bits per heavy atom. The van der Waals surface area contributed by atoms with Crippen LogP contribution < -0.4 is 0 Å². The molecule has 0 aromatic heterocycles. The first-order valence-corrected chi connectivity index (χ1v) is 11.4. The number of likely N-dealkylation sites (tertiary alicyclic amines) is 1. The molecule has 3 rings (SSSR count). The van der Waals surface area contributed by atoms with E-state index in [0.717, 1.165) is 57.9 Å². The van der Waals surface area contributed by atoms with Crippen LogP contribution in [0.15, 0.2) is 29.2 Å². The summed E-state index contributed by atoms with van der Waals surface area (Å²) in [6.45, 7) is 4.02. The molecule has 0 saturated carbocycles. The first-order valence-electron chi connectivity index (χ1n) is 9.95. The largest absolute Gasteiger partial charge is 0.336 e. The maximum absolute atomic E-state index is 13.0. The van der Waals surface area contributed by atoms with E-state index in [2.05, 4.69) is 6.92 Å². The third-order valence-corrected chi connectivity index (χ3v) is 7.54. The van der Waals surface area contributed by atoms with Gasteiger partial charge in [-0.05, 0) is 56.7 Å². The van der Waals surface area contributed by atoms with Crippen molar-refractivity contribution in [3.8, 4) is 0 Å². The van der Waals surface area contributed by atoms with Crippen molar-refractivity contribution in [2.75, 3.05) is 19.6 Å². The molecule has 0 aliphatic carbocycles. The predicted molar refractivity (Wildman–Crippen MR) is 103 cm³/mol. The zero-order valence-electron chi connectivity index (χ0n) is 15.7. The minimum Gasteiger partial charge on any atom is -0.336 e. The number of hydrogen-bond acceptors (Lipinski definition) is 3. The highest BCUT2D eigenvalue weighted by molar-refractivity contribution is 7.89. The second-order valence-corrected chi connectivity index (χ2v) is 9.34. The normalized spacial score (nSPS) is 22.8. The molecule has 1 aromatic rings. The van der Waals surface area contributed by atoms with E-state index in [1.54, 1.807) is 28.6 Å². The molecule has 144 valence electrons. The highest BCUT2D eigenvalue weighted by atomic mass is 32.2. The molecular weight excluding hydrogens is 348 g/mol. The van der Waals surface area contributed by atoms with E-state index in [1.807, 2.05) is 4.90 Å². The number of amides is 1.